The Balaban J connectivity index is 1.54. The van der Waals surface area contributed by atoms with Gasteiger partial charge in [-0.3, -0.25) is 19.2 Å². The topological polar surface area (TPSA) is 129 Å². The summed E-state index contributed by atoms with van der Waals surface area (Å²) in [6, 6.07) is 14.4. The van der Waals surface area contributed by atoms with Crippen LogP contribution >= 0.6 is 15.9 Å². The van der Waals surface area contributed by atoms with E-state index in [1.807, 2.05) is 68.4 Å². The van der Waals surface area contributed by atoms with Crippen LogP contribution in [0.4, 0.5) is 11.4 Å². The van der Waals surface area contributed by atoms with E-state index in [0.29, 0.717) is 24.1 Å². The van der Waals surface area contributed by atoms with Gasteiger partial charge in [0.25, 0.3) is 5.91 Å². The van der Waals surface area contributed by atoms with Crippen molar-refractivity contribution in [1.82, 2.24) is 10.2 Å². The predicted molar refractivity (Wildman–Crippen MR) is 213 cm³/mol. The second-order valence-electron chi connectivity index (χ2n) is 14.8. The van der Waals surface area contributed by atoms with Crippen LogP contribution in [0.2, 0.25) is 0 Å². The van der Waals surface area contributed by atoms with E-state index >= 15 is 4.79 Å². The number of alkyl halides is 1. The van der Waals surface area contributed by atoms with E-state index in [2.05, 4.69) is 53.2 Å². The van der Waals surface area contributed by atoms with Gasteiger partial charge in [0.15, 0.2) is 0 Å². The molecule has 11 nitrogen and oxygen atoms in total. The first-order chi connectivity index (χ1) is 25.9. The molecule has 1 spiro atoms. The fourth-order valence-electron chi connectivity index (χ4n) is 8.57. The lowest BCUT2D eigenvalue weighted by Gasteiger charge is -2.40. The molecule has 2 N–H and O–H groups in total. The zero-order chi connectivity index (χ0) is 39.3. The number of nitrogens with one attached hydrogen (secondary N) is 1. The molecular weight excluding hydrogens is 752 g/mol. The minimum Gasteiger partial charge on any atom is -0.455 e. The van der Waals surface area contributed by atoms with Crippen LogP contribution in [0.3, 0.4) is 0 Å². The Bertz CT molecular complexity index is 1670. The third-order valence-corrected chi connectivity index (χ3v) is 12.0. The van der Waals surface area contributed by atoms with Crippen LogP contribution in [-0.4, -0.2) is 94.6 Å². The van der Waals surface area contributed by atoms with Crippen molar-refractivity contribution in [2.24, 2.45) is 17.8 Å². The van der Waals surface area contributed by atoms with Gasteiger partial charge in [-0.25, -0.2) is 0 Å². The van der Waals surface area contributed by atoms with Gasteiger partial charge in [-0.1, -0.05) is 72.3 Å². The van der Waals surface area contributed by atoms with Gasteiger partial charge in [-0.2, -0.15) is 0 Å². The Morgan fingerprint density at radius 1 is 1.06 bits per heavy atom. The van der Waals surface area contributed by atoms with Gasteiger partial charge >= 0.3 is 5.97 Å². The number of carbonyl (C=O) groups is 4. The smallest absolute Gasteiger partial charge is 0.313 e. The summed E-state index contributed by atoms with van der Waals surface area (Å²) in [5, 5.41) is 13.7. The van der Waals surface area contributed by atoms with E-state index in [9.17, 15) is 19.5 Å². The summed E-state index contributed by atoms with van der Waals surface area (Å²) in [5.74, 6) is -4.00. The molecule has 3 aliphatic heterocycles. The van der Waals surface area contributed by atoms with E-state index in [4.69, 9.17) is 9.47 Å². The second-order valence-corrected chi connectivity index (χ2v) is 16.0. The van der Waals surface area contributed by atoms with Crippen molar-refractivity contribution in [2.45, 2.75) is 94.6 Å². The zero-order valence-electron chi connectivity index (χ0n) is 32.0. The number of hydrogen-bond acceptors (Lipinski definition) is 8. The molecule has 1 unspecified atom stereocenters. The number of likely N-dealkylation sites (tertiary alicyclic amines) is 1. The second kappa shape index (κ2) is 17.6. The van der Waals surface area contributed by atoms with Crippen molar-refractivity contribution in [3.8, 4) is 0 Å². The van der Waals surface area contributed by atoms with Crippen LogP contribution < -0.4 is 15.1 Å². The molecule has 0 radical (unpaired) electrons. The molecule has 3 saturated heterocycles. The average Bonchev–Trinajstić information content (AvgIpc) is 3.76. The monoisotopic (exact) mass is 806 g/mol. The fraction of sp³-hybridized carbons (Fsp3) is 0.524. The van der Waals surface area contributed by atoms with Crippen molar-refractivity contribution < 1.29 is 33.8 Å². The summed E-state index contributed by atoms with van der Waals surface area (Å²) in [6.45, 7) is 18.8. The molecule has 2 aromatic rings. The van der Waals surface area contributed by atoms with E-state index in [-0.39, 0.29) is 42.1 Å². The highest BCUT2D eigenvalue weighted by atomic mass is 79.9. The van der Waals surface area contributed by atoms with Crippen molar-refractivity contribution in [3.05, 3.63) is 85.5 Å². The number of ether oxygens (including phenoxy) is 2. The lowest BCUT2D eigenvalue weighted by atomic mass is 9.70. The third-order valence-electron chi connectivity index (χ3n) is 11.2. The number of aliphatic hydroxyl groups is 1. The van der Waals surface area contributed by atoms with Gasteiger partial charge in [-0.05, 0) is 69.4 Å². The van der Waals surface area contributed by atoms with E-state index in [1.165, 1.54) is 4.90 Å². The molecule has 5 rings (SSSR count). The van der Waals surface area contributed by atoms with E-state index < -0.39 is 59.6 Å². The number of carbonyl (C=O) groups excluding carboxylic acids is 4. The van der Waals surface area contributed by atoms with Gasteiger partial charge in [0.2, 0.25) is 11.8 Å². The summed E-state index contributed by atoms with van der Waals surface area (Å²) >= 11 is 3.76. The average molecular weight is 808 g/mol. The van der Waals surface area contributed by atoms with Crippen LogP contribution in [0.15, 0.2) is 79.9 Å². The number of nitrogens with zero attached hydrogens (tertiary/aromatic N) is 3. The molecule has 54 heavy (non-hydrogen) atoms. The normalized spacial score (nSPS) is 25.8. The lowest BCUT2D eigenvalue weighted by molar-refractivity contribution is -0.162. The lowest BCUT2D eigenvalue weighted by Crippen LogP contribution is -2.60. The SMILES string of the molecule is C=CCCC(=O)N[C@H](C)[C@@H](OC(=O)[C@H]1[C@@H]2O[C@@]3(CC2Br)[C@@H]1C(=O)N([C@@H](CO)C(C)C)[C@@H]3C(=O)N(CC=C)c1ccc(N(CC)CC)cc1)c1ccccc1. The van der Waals surface area contributed by atoms with E-state index in [0.717, 1.165) is 18.8 Å². The van der Waals surface area contributed by atoms with Gasteiger partial charge in [0, 0.05) is 42.3 Å². The largest absolute Gasteiger partial charge is 0.455 e. The number of halogens is 1. The molecule has 292 valence electrons. The molecule has 0 aromatic heterocycles. The number of benzene rings is 2. The molecule has 0 saturated carbocycles. The van der Waals surface area contributed by atoms with Gasteiger partial charge in [0.1, 0.15) is 17.7 Å². The Morgan fingerprint density at radius 2 is 1.70 bits per heavy atom. The molecule has 3 aliphatic rings. The molecule has 2 bridgehead atoms. The van der Waals surface area contributed by atoms with Gasteiger partial charge in [0.05, 0.1) is 36.6 Å². The quantitative estimate of drug-likeness (QED) is 0.114. The van der Waals surface area contributed by atoms with Crippen molar-refractivity contribution in [2.75, 3.05) is 36.0 Å². The first-order valence-electron chi connectivity index (χ1n) is 19.1. The number of aliphatic hydroxyl groups excluding tert-OH is 1. The Morgan fingerprint density at radius 3 is 2.28 bits per heavy atom. The summed E-state index contributed by atoms with van der Waals surface area (Å²) in [7, 11) is 0. The Labute approximate surface area is 327 Å². The summed E-state index contributed by atoms with van der Waals surface area (Å²) < 4.78 is 13.1. The number of hydrogen-bond donors (Lipinski definition) is 2. The maximum absolute atomic E-state index is 15.1. The molecule has 0 aliphatic carbocycles. The maximum Gasteiger partial charge on any atom is 0.313 e. The fourth-order valence-corrected chi connectivity index (χ4v) is 9.51. The van der Waals surface area contributed by atoms with Crippen molar-refractivity contribution in [1.29, 1.82) is 0 Å². The van der Waals surface area contributed by atoms with E-state index in [1.54, 1.807) is 24.0 Å². The van der Waals surface area contributed by atoms with Crippen LogP contribution in [0.5, 0.6) is 0 Å². The van der Waals surface area contributed by atoms with Crippen LogP contribution in [-0.2, 0) is 28.7 Å². The number of esters is 1. The summed E-state index contributed by atoms with van der Waals surface area (Å²) in [6.07, 6.45) is 2.71. The summed E-state index contributed by atoms with van der Waals surface area (Å²) in [4.78, 5) is 62.3. The van der Waals surface area contributed by atoms with Crippen LogP contribution in [0.25, 0.3) is 0 Å². The molecule has 9 atom stereocenters. The Kier molecular flexibility index (Phi) is 13.4. The van der Waals surface area contributed by atoms with Gasteiger partial charge < -0.3 is 34.6 Å². The molecule has 3 amide bonds. The van der Waals surface area contributed by atoms with Crippen LogP contribution in [0, 0.1) is 17.8 Å². The minimum atomic E-state index is -1.38. The van der Waals surface area contributed by atoms with Gasteiger partial charge in [-0.15, -0.1) is 13.2 Å². The molecule has 2 aromatic carbocycles. The number of amides is 3. The maximum atomic E-state index is 15.1. The highest BCUT2D eigenvalue weighted by molar-refractivity contribution is 9.09. The third kappa shape index (κ3) is 7.75. The van der Waals surface area contributed by atoms with Crippen molar-refractivity contribution in [3.63, 3.8) is 0 Å². The molecule has 12 heteroatoms. The Hall–Kier alpha value is -4.00. The number of rotatable bonds is 18. The molecular formula is C42H55BrN4O7. The standard InChI is InChI=1S/C42H55BrN4O7/c1-8-12-18-33(49)44-27(7)36(28-16-14-13-15-17-28)53-41(52)34-35-39(50)47(32(25-48)26(5)6)38(42(35)24-31(43)37(34)54-42)40(51)46(23-9-2)30-21-19-29(20-22-30)45(10-3)11-4/h8-9,13-17,19-22,26-27,31-32,34-38,48H,1-2,10-12,18,23-25H2,3-7H3,(H,44,49)/t27-,31?,32+,34-,35+,36-,37-,38-,42+/m1/s1. The number of allylic oxidation sites excluding steroid dienone is 1. The number of anilines is 2. The molecule has 3 fully saturated rings. The number of fused-ring (bicyclic) bond motifs is 1. The molecule has 3 heterocycles. The van der Waals surface area contributed by atoms with Crippen LogP contribution in [0.1, 0.15) is 65.5 Å². The minimum absolute atomic E-state index is 0.163. The van der Waals surface area contributed by atoms with Crippen molar-refractivity contribution >= 4 is 51.0 Å². The summed E-state index contributed by atoms with van der Waals surface area (Å²) in [5.41, 5.74) is 0.941. The highest BCUT2D eigenvalue weighted by Crippen LogP contribution is 2.61. The highest BCUT2D eigenvalue weighted by Gasteiger charge is 2.77. The predicted octanol–water partition coefficient (Wildman–Crippen LogP) is 5.57. The first-order valence-corrected chi connectivity index (χ1v) is 20.0. The zero-order valence-corrected chi connectivity index (χ0v) is 33.6. The first kappa shape index (κ1) is 41.2.